The van der Waals surface area contributed by atoms with Gasteiger partial charge in [0.05, 0.1) is 0 Å². The van der Waals surface area contributed by atoms with Crippen LogP contribution in [0, 0.1) is 0 Å². The fraction of sp³-hybridized carbons (Fsp3) is 0.500. The van der Waals surface area contributed by atoms with E-state index in [-0.39, 0.29) is 0 Å². The Morgan fingerprint density at radius 1 is 1.35 bits per heavy atom. The van der Waals surface area contributed by atoms with Crippen LogP contribution >= 0.6 is 11.8 Å². The van der Waals surface area contributed by atoms with E-state index in [1.807, 2.05) is 12.1 Å². The quantitative estimate of drug-likeness (QED) is 0.793. The number of hydrogen-bond donors (Lipinski definition) is 2. The molecule has 17 heavy (non-hydrogen) atoms. The van der Waals surface area contributed by atoms with Gasteiger partial charge in [-0.3, -0.25) is 0 Å². The average Bonchev–Trinajstić information content (AvgIpc) is 2.80. The number of rotatable bonds is 5. The summed E-state index contributed by atoms with van der Waals surface area (Å²) in [6.07, 6.45) is 1.15. The Hall–Kier alpha value is -0.650. The Kier molecular flexibility index (Phi) is 4.76. The Morgan fingerprint density at radius 2 is 2.12 bits per heavy atom. The largest absolute Gasteiger partial charge is 0.315 e. The maximum absolute atomic E-state index is 12.1. The van der Waals surface area contributed by atoms with E-state index in [1.165, 1.54) is 0 Å². The van der Waals surface area contributed by atoms with Crippen LogP contribution in [-0.4, -0.2) is 24.9 Å². The number of nitrogens with one attached hydrogen (secondary N) is 2. The molecule has 2 N–H and O–H groups in total. The van der Waals surface area contributed by atoms with Crippen LogP contribution in [-0.2, 0) is 6.54 Å². The number of halogens is 2. The predicted octanol–water partition coefficient (Wildman–Crippen LogP) is 2.45. The fourth-order valence-electron chi connectivity index (χ4n) is 1.88. The lowest BCUT2D eigenvalue weighted by Gasteiger charge is -2.11. The standard InChI is InChI=1S/C12H16F2N2S/c13-12(14)17-11-3-1-9(2-4-11)7-16-10-5-6-15-8-10/h1-4,10,12,15-16H,5-8H2. The van der Waals surface area contributed by atoms with Crippen LogP contribution in [0.25, 0.3) is 0 Å². The maximum atomic E-state index is 12.1. The minimum absolute atomic E-state index is 0.533. The monoisotopic (exact) mass is 258 g/mol. The summed E-state index contributed by atoms with van der Waals surface area (Å²) in [4.78, 5) is 0.617. The molecule has 5 heteroatoms. The highest BCUT2D eigenvalue weighted by atomic mass is 32.2. The Bertz CT molecular complexity index is 337. The van der Waals surface area contributed by atoms with Crippen LogP contribution in [0.2, 0.25) is 0 Å². The van der Waals surface area contributed by atoms with Gasteiger partial charge in [-0.1, -0.05) is 23.9 Å². The van der Waals surface area contributed by atoms with Gasteiger partial charge in [0.15, 0.2) is 0 Å². The molecule has 0 aromatic heterocycles. The van der Waals surface area contributed by atoms with Crippen LogP contribution in [0.1, 0.15) is 12.0 Å². The zero-order chi connectivity index (χ0) is 12.1. The molecule has 1 unspecified atom stereocenters. The molecule has 1 aromatic rings. The molecule has 0 saturated carbocycles. The fourth-order valence-corrected chi connectivity index (χ4v) is 2.38. The second kappa shape index (κ2) is 6.33. The summed E-state index contributed by atoms with van der Waals surface area (Å²) in [6.45, 7) is 2.88. The van der Waals surface area contributed by atoms with Crippen molar-refractivity contribution in [2.45, 2.75) is 29.7 Å². The lowest BCUT2D eigenvalue weighted by molar-refractivity contribution is 0.252. The summed E-state index contributed by atoms with van der Waals surface area (Å²) in [7, 11) is 0. The van der Waals surface area contributed by atoms with Gasteiger partial charge in [0.2, 0.25) is 0 Å². The van der Waals surface area contributed by atoms with Crippen molar-refractivity contribution in [3.05, 3.63) is 29.8 Å². The Morgan fingerprint density at radius 3 is 2.71 bits per heavy atom. The molecule has 0 amide bonds. The van der Waals surface area contributed by atoms with Gasteiger partial charge in [-0.05, 0) is 30.7 Å². The second-order valence-electron chi connectivity index (χ2n) is 4.09. The van der Waals surface area contributed by atoms with Gasteiger partial charge in [-0.15, -0.1) is 0 Å². The minimum atomic E-state index is -2.34. The van der Waals surface area contributed by atoms with Gasteiger partial charge in [0.25, 0.3) is 5.76 Å². The minimum Gasteiger partial charge on any atom is -0.315 e. The Balaban J connectivity index is 1.80. The molecule has 0 radical (unpaired) electrons. The highest BCUT2D eigenvalue weighted by Gasteiger charge is 2.13. The van der Waals surface area contributed by atoms with E-state index in [1.54, 1.807) is 12.1 Å². The average molecular weight is 258 g/mol. The van der Waals surface area contributed by atoms with Gasteiger partial charge in [-0.25, -0.2) is 0 Å². The zero-order valence-electron chi connectivity index (χ0n) is 9.46. The highest BCUT2D eigenvalue weighted by molar-refractivity contribution is 7.99. The first-order valence-corrected chi connectivity index (χ1v) is 6.60. The van der Waals surface area contributed by atoms with E-state index in [2.05, 4.69) is 10.6 Å². The zero-order valence-corrected chi connectivity index (χ0v) is 10.3. The van der Waals surface area contributed by atoms with E-state index in [4.69, 9.17) is 0 Å². The lowest BCUT2D eigenvalue weighted by Crippen LogP contribution is -2.30. The SMILES string of the molecule is FC(F)Sc1ccc(CNC2CCNC2)cc1. The van der Waals surface area contributed by atoms with E-state index in [9.17, 15) is 8.78 Å². The molecular formula is C12H16F2N2S. The number of benzene rings is 1. The van der Waals surface area contributed by atoms with Crippen molar-refractivity contribution >= 4 is 11.8 Å². The summed E-state index contributed by atoms with van der Waals surface area (Å²) < 4.78 is 24.2. The summed E-state index contributed by atoms with van der Waals surface area (Å²) in [5.41, 5.74) is 1.13. The van der Waals surface area contributed by atoms with Gasteiger partial charge in [-0.2, -0.15) is 8.78 Å². The van der Waals surface area contributed by atoms with Crippen LogP contribution in [0.4, 0.5) is 8.78 Å². The smallest absolute Gasteiger partial charge is 0.288 e. The first-order chi connectivity index (χ1) is 8.24. The van der Waals surface area contributed by atoms with E-state index >= 15 is 0 Å². The van der Waals surface area contributed by atoms with Crippen molar-refractivity contribution in [3.63, 3.8) is 0 Å². The predicted molar refractivity (Wildman–Crippen MR) is 66.4 cm³/mol. The number of alkyl halides is 2. The van der Waals surface area contributed by atoms with Crippen LogP contribution in [0.3, 0.4) is 0 Å². The van der Waals surface area contributed by atoms with Gasteiger partial charge >= 0.3 is 0 Å². The van der Waals surface area contributed by atoms with Gasteiger partial charge in [0.1, 0.15) is 0 Å². The van der Waals surface area contributed by atoms with Crippen molar-refractivity contribution in [1.29, 1.82) is 0 Å². The third-order valence-electron chi connectivity index (χ3n) is 2.80. The molecule has 1 aromatic carbocycles. The molecule has 0 bridgehead atoms. The van der Waals surface area contributed by atoms with E-state index < -0.39 is 5.76 Å². The first-order valence-electron chi connectivity index (χ1n) is 5.72. The van der Waals surface area contributed by atoms with Crippen molar-refractivity contribution in [1.82, 2.24) is 10.6 Å². The van der Waals surface area contributed by atoms with Gasteiger partial charge < -0.3 is 10.6 Å². The summed E-state index contributed by atoms with van der Waals surface area (Å²) >= 11 is 0.587. The first kappa shape index (κ1) is 12.8. The molecular weight excluding hydrogens is 242 g/mol. The molecule has 1 atom stereocenters. The molecule has 1 aliphatic heterocycles. The second-order valence-corrected chi connectivity index (χ2v) is 5.16. The molecule has 1 heterocycles. The number of thioether (sulfide) groups is 1. The Labute approximate surface area is 104 Å². The molecule has 1 saturated heterocycles. The highest BCUT2D eigenvalue weighted by Crippen LogP contribution is 2.25. The van der Waals surface area contributed by atoms with Crippen LogP contribution in [0.15, 0.2) is 29.2 Å². The molecule has 0 spiro atoms. The van der Waals surface area contributed by atoms with Crippen LogP contribution in [0.5, 0.6) is 0 Å². The summed E-state index contributed by atoms with van der Waals surface area (Å²) in [5, 5.41) is 6.73. The maximum Gasteiger partial charge on any atom is 0.288 e. The van der Waals surface area contributed by atoms with Crippen molar-refractivity contribution in [2.24, 2.45) is 0 Å². The molecule has 2 nitrogen and oxygen atoms in total. The van der Waals surface area contributed by atoms with E-state index in [0.29, 0.717) is 22.7 Å². The van der Waals surface area contributed by atoms with Crippen LogP contribution < -0.4 is 10.6 Å². The normalized spacial score (nSPS) is 20.1. The molecule has 0 aliphatic carbocycles. The summed E-state index contributed by atoms with van der Waals surface area (Å²) in [6, 6.07) is 7.84. The molecule has 1 aliphatic rings. The molecule has 2 rings (SSSR count). The van der Waals surface area contributed by atoms with E-state index in [0.717, 1.165) is 31.6 Å². The topological polar surface area (TPSA) is 24.1 Å². The number of hydrogen-bond acceptors (Lipinski definition) is 3. The van der Waals surface area contributed by atoms with Crippen molar-refractivity contribution in [3.8, 4) is 0 Å². The third-order valence-corrected chi connectivity index (χ3v) is 3.53. The third kappa shape index (κ3) is 4.26. The lowest BCUT2D eigenvalue weighted by atomic mass is 10.2. The molecule has 94 valence electrons. The van der Waals surface area contributed by atoms with Crippen molar-refractivity contribution in [2.75, 3.05) is 13.1 Å². The van der Waals surface area contributed by atoms with Crippen molar-refractivity contribution < 1.29 is 8.78 Å². The summed E-state index contributed by atoms with van der Waals surface area (Å²) in [5.74, 6) is -2.34. The van der Waals surface area contributed by atoms with Gasteiger partial charge in [0, 0.05) is 24.0 Å². The molecule has 1 fully saturated rings.